The van der Waals surface area contributed by atoms with E-state index in [1.54, 1.807) is 0 Å². The lowest BCUT2D eigenvalue weighted by molar-refractivity contribution is 0.534. The average Bonchev–Trinajstić information content (AvgIpc) is 2.60. The molecule has 0 atom stereocenters. The Morgan fingerprint density at radius 3 is 2.50 bits per heavy atom. The fraction of sp³-hybridized carbons (Fsp3) is 0.750. The molecule has 0 bridgehead atoms. The lowest BCUT2D eigenvalue weighted by atomic mass is 10.1. The van der Waals surface area contributed by atoms with Gasteiger partial charge >= 0.3 is 0 Å². The van der Waals surface area contributed by atoms with Gasteiger partial charge in [0.25, 0.3) is 0 Å². The van der Waals surface area contributed by atoms with E-state index < -0.39 is 0 Å². The van der Waals surface area contributed by atoms with Gasteiger partial charge in [0.05, 0.1) is 0 Å². The standard InChI is InChI=1S/C12H21N2/c1-4-7-8-9-14-12(6-3)11(5-2)10-13-14/h4-9H2,1-3H3. The van der Waals surface area contributed by atoms with Crippen molar-refractivity contribution in [3.63, 3.8) is 0 Å². The highest BCUT2D eigenvalue weighted by molar-refractivity contribution is 5.16. The molecule has 0 aliphatic rings. The summed E-state index contributed by atoms with van der Waals surface area (Å²) in [6.45, 7) is 7.66. The second kappa shape index (κ2) is 5.84. The Hall–Kier alpha value is -0.790. The van der Waals surface area contributed by atoms with E-state index in [9.17, 15) is 0 Å². The van der Waals surface area contributed by atoms with E-state index in [1.165, 1.54) is 30.5 Å². The van der Waals surface area contributed by atoms with Crippen LogP contribution in [0.4, 0.5) is 0 Å². The number of aromatic nitrogens is 2. The quantitative estimate of drug-likeness (QED) is 0.635. The molecule has 1 heterocycles. The maximum Gasteiger partial charge on any atom is 0.116 e. The molecule has 0 N–H and O–H groups in total. The third-order valence-electron chi connectivity index (χ3n) is 2.63. The molecule has 0 spiro atoms. The van der Waals surface area contributed by atoms with E-state index in [1.807, 2.05) is 0 Å². The molecule has 2 heteroatoms. The SMILES string of the molecule is CCCCCn1n[c]c(CC)c1CC. The smallest absolute Gasteiger partial charge is 0.116 e. The molecule has 0 saturated carbocycles. The fourth-order valence-corrected chi connectivity index (χ4v) is 1.78. The largest absolute Gasteiger partial charge is 0.269 e. The van der Waals surface area contributed by atoms with Gasteiger partial charge in [-0.1, -0.05) is 33.6 Å². The van der Waals surface area contributed by atoms with Crippen LogP contribution < -0.4 is 0 Å². The minimum Gasteiger partial charge on any atom is -0.269 e. The first-order valence-electron chi connectivity index (χ1n) is 5.79. The molecule has 0 unspecified atom stereocenters. The minimum atomic E-state index is 1.05. The molecule has 1 rings (SSSR count). The van der Waals surface area contributed by atoms with Gasteiger partial charge in [0, 0.05) is 17.8 Å². The lowest BCUT2D eigenvalue weighted by Gasteiger charge is -2.06. The van der Waals surface area contributed by atoms with Crippen LogP contribution in [0.25, 0.3) is 0 Å². The molecule has 0 aliphatic heterocycles. The number of hydrogen-bond acceptors (Lipinski definition) is 1. The Bertz CT molecular complexity index is 263. The first-order valence-corrected chi connectivity index (χ1v) is 5.79. The van der Waals surface area contributed by atoms with Crippen molar-refractivity contribution in [2.24, 2.45) is 0 Å². The van der Waals surface area contributed by atoms with Crippen LogP contribution in [0, 0.1) is 6.20 Å². The van der Waals surface area contributed by atoms with Crippen molar-refractivity contribution in [2.45, 2.75) is 59.4 Å². The van der Waals surface area contributed by atoms with Crippen LogP contribution in [0.2, 0.25) is 0 Å². The van der Waals surface area contributed by atoms with E-state index in [2.05, 4.69) is 36.7 Å². The van der Waals surface area contributed by atoms with Gasteiger partial charge in [0.15, 0.2) is 0 Å². The van der Waals surface area contributed by atoms with Gasteiger partial charge in [0.1, 0.15) is 6.20 Å². The van der Waals surface area contributed by atoms with Crippen LogP contribution in [0.1, 0.15) is 51.3 Å². The molecular weight excluding hydrogens is 172 g/mol. The highest BCUT2D eigenvalue weighted by Gasteiger charge is 2.06. The normalized spacial score (nSPS) is 10.8. The molecule has 2 nitrogen and oxygen atoms in total. The Morgan fingerprint density at radius 2 is 1.93 bits per heavy atom. The Balaban J connectivity index is 2.61. The van der Waals surface area contributed by atoms with E-state index in [4.69, 9.17) is 0 Å². The second-order valence-corrected chi connectivity index (χ2v) is 3.67. The Morgan fingerprint density at radius 1 is 1.14 bits per heavy atom. The fourth-order valence-electron chi connectivity index (χ4n) is 1.78. The Labute approximate surface area is 87.3 Å². The zero-order valence-electron chi connectivity index (χ0n) is 9.64. The minimum absolute atomic E-state index is 1.05. The number of aryl methyl sites for hydroxylation is 2. The van der Waals surface area contributed by atoms with Gasteiger partial charge in [-0.3, -0.25) is 4.68 Å². The van der Waals surface area contributed by atoms with Gasteiger partial charge in [-0.25, -0.2) is 0 Å². The van der Waals surface area contributed by atoms with Crippen LogP contribution in [0.5, 0.6) is 0 Å². The number of nitrogens with zero attached hydrogens (tertiary/aromatic N) is 2. The number of hydrogen-bond donors (Lipinski definition) is 0. The van der Waals surface area contributed by atoms with Crippen molar-refractivity contribution in [3.8, 4) is 0 Å². The van der Waals surface area contributed by atoms with Crippen LogP contribution in [-0.4, -0.2) is 9.78 Å². The maximum atomic E-state index is 4.32. The summed E-state index contributed by atoms with van der Waals surface area (Å²) in [4.78, 5) is 0. The van der Waals surface area contributed by atoms with E-state index in [-0.39, 0.29) is 0 Å². The molecule has 0 fully saturated rings. The van der Waals surface area contributed by atoms with Crippen molar-refractivity contribution in [2.75, 3.05) is 0 Å². The predicted octanol–water partition coefficient (Wildman–Crippen LogP) is 3.00. The van der Waals surface area contributed by atoms with Gasteiger partial charge in [0.2, 0.25) is 0 Å². The molecule has 0 aromatic carbocycles. The third-order valence-corrected chi connectivity index (χ3v) is 2.63. The van der Waals surface area contributed by atoms with Gasteiger partial charge in [-0.15, -0.1) is 0 Å². The summed E-state index contributed by atoms with van der Waals surface area (Å²) in [5, 5.41) is 4.32. The first-order chi connectivity index (χ1) is 6.83. The topological polar surface area (TPSA) is 17.8 Å². The average molecular weight is 193 g/mol. The molecule has 14 heavy (non-hydrogen) atoms. The zero-order chi connectivity index (χ0) is 10.4. The molecule has 1 aromatic rings. The summed E-state index contributed by atoms with van der Waals surface area (Å²) in [7, 11) is 0. The van der Waals surface area contributed by atoms with Crippen LogP contribution in [0.3, 0.4) is 0 Å². The Kier molecular flexibility index (Phi) is 4.71. The third kappa shape index (κ3) is 2.60. The predicted molar refractivity (Wildman–Crippen MR) is 59.3 cm³/mol. The highest BCUT2D eigenvalue weighted by atomic mass is 15.3. The summed E-state index contributed by atoms with van der Waals surface area (Å²) in [6, 6.07) is 0. The molecule has 79 valence electrons. The van der Waals surface area contributed by atoms with Gasteiger partial charge < -0.3 is 0 Å². The van der Waals surface area contributed by atoms with Gasteiger partial charge in [-0.2, -0.15) is 5.10 Å². The summed E-state index contributed by atoms with van der Waals surface area (Å²) >= 11 is 0. The lowest BCUT2D eigenvalue weighted by Crippen LogP contribution is -2.05. The van der Waals surface area contributed by atoms with Crippen LogP contribution in [-0.2, 0) is 19.4 Å². The zero-order valence-corrected chi connectivity index (χ0v) is 9.64. The number of rotatable bonds is 6. The van der Waals surface area contributed by atoms with Crippen molar-refractivity contribution < 1.29 is 0 Å². The highest BCUT2D eigenvalue weighted by Crippen LogP contribution is 2.10. The van der Waals surface area contributed by atoms with E-state index in [0.29, 0.717) is 0 Å². The molecular formula is C12H21N2. The van der Waals surface area contributed by atoms with Crippen molar-refractivity contribution in [1.82, 2.24) is 9.78 Å². The molecule has 0 saturated heterocycles. The van der Waals surface area contributed by atoms with Crippen molar-refractivity contribution in [1.29, 1.82) is 0 Å². The van der Waals surface area contributed by atoms with E-state index in [0.717, 1.165) is 19.4 Å². The summed E-state index contributed by atoms with van der Waals surface area (Å²) in [5.41, 5.74) is 2.67. The van der Waals surface area contributed by atoms with Crippen LogP contribution in [0.15, 0.2) is 0 Å². The summed E-state index contributed by atoms with van der Waals surface area (Å²) in [6.07, 6.45) is 9.05. The summed E-state index contributed by atoms with van der Waals surface area (Å²) < 4.78 is 2.13. The van der Waals surface area contributed by atoms with Crippen molar-refractivity contribution >= 4 is 0 Å². The first kappa shape index (κ1) is 11.3. The van der Waals surface area contributed by atoms with Crippen LogP contribution >= 0.6 is 0 Å². The summed E-state index contributed by atoms with van der Waals surface area (Å²) in [5.74, 6) is 0. The molecule has 1 aromatic heterocycles. The molecule has 0 aliphatic carbocycles. The van der Waals surface area contributed by atoms with Crippen molar-refractivity contribution in [3.05, 3.63) is 17.5 Å². The monoisotopic (exact) mass is 193 g/mol. The molecule has 1 radical (unpaired) electrons. The molecule has 0 amide bonds. The number of unbranched alkanes of at least 4 members (excludes halogenated alkanes) is 2. The second-order valence-electron chi connectivity index (χ2n) is 3.67. The van der Waals surface area contributed by atoms with Gasteiger partial charge in [-0.05, 0) is 19.3 Å². The maximum absolute atomic E-state index is 4.32. The van der Waals surface area contributed by atoms with E-state index >= 15 is 0 Å².